The molecule has 1 aliphatic carbocycles. The van der Waals surface area contributed by atoms with Crippen LogP contribution in [0.2, 0.25) is 0 Å². The van der Waals surface area contributed by atoms with E-state index in [1.807, 2.05) is 36.4 Å². The van der Waals surface area contributed by atoms with Crippen LogP contribution in [-0.2, 0) is 24.1 Å². The first kappa shape index (κ1) is 22.5. The van der Waals surface area contributed by atoms with Crippen LogP contribution in [0.3, 0.4) is 0 Å². The van der Waals surface area contributed by atoms with Gasteiger partial charge >= 0.3 is 0 Å². The van der Waals surface area contributed by atoms with Crippen LogP contribution in [0.5, 0.6) is 17.2 Å². The zero-order chi connectivity index (χ0) is 23.7. The van der Waals surface area contributed by atoms with Gasteiger partial charge in [-0.1, -0.05) is 17.2 Å². The molecule has 1 fully saturated rings. The highest BCUT2D eigenvalue weighted by molar-refractivity contribution is 7.92. The maximum absolute atomic E-state index is 12.3. The van der Waals surface area contributed by atoms with Gasteiger partial charge in [0.05, 0.1) is 27.8 Å². The molecule has 1 saturated carbocycles. The second kappa shape index (κ2) is 9.55. The van der Waals surface area contributed by atoms with Crippen molar-refractivity contribution >= 4 is 33.7 Å². The molecule has 1 N–H and O–H groups in total. The van der Waals surface area contributed by atoms with Gasteiger partial charge in [0.1, 0.15) is 33.8 Å². The Bertz CT molecular complexity index is 1320. The summed E-state index contributed by atoms with van der Waals surface area (Å²) >= 11 is -0.820. The average Bonchev–Trinajstić information content (AvgIpc) is 3.64. The Hall–Kier alpha value is -3.24. The summed E-state index contributed by atoms with van der Waals surface area (Å²) in [7, 11) is 4.88. The molecule has 9 nitrogen and oxygen atoms in total. The number of nitrogens with zero attached hydrogens (tertiary/aromatic N) is 4. The number of anilines is 1. The highest BCUT2D eigenvalue weighted by atomic mass is 32.2. The molecule has 34 heavy (non-hydrogen) atoms. The molecule has 1 aliphatic rings. The predicted molar refractivity (Wildman–Crippen MR) is 131 cm³/mol. The number of para-hydroxylation sites is 1. The summed E-state index contributed by atoms with van der Waals surface area (Å²) in [5.74, 6) is 3.85. The molecule has 4 aromatic rings. The number of fused-ring (bicyclic) bond motifs is 3. The largest absolute Gasteiger partial charge is 0.616 e. The van der Waals surface area contributed by atoms with Gasteiger partial charge < -0.3 is 24.1 Å². The topological polar surface area (TPSA) is 106 Å². The standard InChI is InChI=1S/C24H27N5O4S/c1-31-16-8-7-15(20(13-16)33-3)14-25-24-27-22-18(5-4-6-19(22)32-2)23-26-21(28-29(23)24)11-12-34(30)17-9-10-17/h4-8,13,17H,9-12,14H2,1-3H3,(H,25,27). The lowest BCUT2D eigenvalue weighted by molar-refractivity contribution is 0.391. The highest BCUT2D eigenvalue weighted by Gasteiger charge is 2.34. The van der Waals surface area contributed by atoms with E-state index in [0.29, 0.717) is 58.4 Å². The van der Waals surface area contributed by atoms with Crippen LogP contribution in [-0.4, -0.2) is 56.5 Å². The van der Waals surface area contributed by atoms with Gasteiger partial charge in [-0.3, -0.25) is 0 Å². The Balaban J connectivity index is 1.51. The van der Waals surface area contributed by atoms with Crippen LogP contribution in [0.4, 0.5) is 5.95 Å². The molecule has 1 atom stereocenters. The molecule has 0 saturated heterocycles. The Labute approximate surface area is 200 Å². The van der Waals surface area contributed by atoms with Crippen molar-refractivity contribution in [2.45, 2.75) is 31.1 Å². The summed E-state index contributed by atoms with van der Waals surface area (Å²) in [4.78, 5) is 9.60. The summed E-state index contributed by atoms with van der Waals surface area (Å²) in [6, 6.07) is 11.4. The van der Waals surface area contributed by atoms with E-state index in [1.54, 1.807) is 25.8 Å². The molecular weight excluding hydrogens is 454 g/mol. The number of benzene rings is 2. The van der Waals surface area contributed by atoms with Crippen molar-refractivity contribution in [3.05, 3.63) is 47.8 Å². The van der Waals surface area contributed by atoms with Crippen molar-refractivity contribution in [2.24, 2.45) is 0 Å². The fourth-order valence-electron chi connectivity index (χ4n) is 3.89. The molecule has 5 rings (SSSR count). The van der Waals surface area contributed by atoms with E-state index in [4.69, 9.17) is 29.3 Å². The summed E-state index contributed by atoms with van der Waals surface area (Å²) in [6.07, 6.45) is 2.67. The molecule has 0 amide bonds. The number of ether oxygens (including phenoxy) is 3. The number of aromatic nitrogens is 4. The summed E-state index contributed by atoms with van der Waals surface area (Å²) in [5, 5.41) is 9.27. The maximum atomic E-state index is 12.3. The number of aryl methyl sites for hydroxylation is 1. The number of nitrogens with one attached hydrogen (secondary N) is 1. The van der Waals surface area contributed by atoms with Crippen LogP contribution in [0.15, 0.2) is 36.4 Å². The van der Waals surface area contributed by atoms with E-state index in [-0.39, 0.29) is 0 Å². The van der Waals surface area contributed by atoms with E-state index >= 15 is 0 Å². The number of methoxy groups -OCH3 is 3. The van der Waals surface area contributed by atoms with E-state index < -0.39 is 11.2 Å². The monoisotopic (exact) mass is 481 g/mol. The lowest BCUT2D eigenvalue weighted by atomic mass is 10.2. The smallest absolute Gasteiger partial charge is 0.226 e. The van der Waals surface area contributed by atoms with Crippen LogP contribution in [0, 0.1) is 0 Å². The third-order valence-corrected chi connectivity index (χ3v) is 7.70. The molecule has 0 radical (unpaired) electrons. The maximum Gasteiger partial charge on any atom is 0.226 e. The van der Waals surface area contributed by atoms with Crippen molar-refractivity contribution in [3.8, 4) is 17.2 Å². The number of rotatable bonds is 10. The minimum absolute atomic E-state index is 0.348. The van der Waals surface area contributed by atoms with E-state index in [9.17, 15) is 4.55 Å². The highest BCUT2D eigenvalue weighted by Crippen LogP contribution is 2.31. The first-order chi connectivity index (χ1) is 16.6. The van der Waals surface area contributed by atoms with Crippen molar-refractivity contribution in [3.63, 3.8) is 0 Å². The van der Waals surface area contributed by atoms with Gasteiger partial charge in [0.15, 0.2) is 11.5 Å². The minimum atomic E-state index is -0.820. The number of hydrogen-bond donors (Lipinski definition) is 1. The molecule has 10 heteroatoms. The Kier molecular flexibility index (Phi) is 6.34. The molecule has 0 bridgehead atoms. The van der Waals surface area contributed by atoms with Crippen LogP contribution >= 0.6 is 0 Å². The van der Waals surface area contributed by atoms with Crippen molar-refractivity contribution in [2.75, 3.05) is 32.4 Å². The molecule has 178 valence electrons. The Morgan fingerprint density at radius 3 is 2.62 bits per heavy atom. The van der Waals surface area contributed by atoms with Crippen molar-refractivity contribution in [1.29, 1.82) is 0 Å². The normalized spacial score (nSPS) is 14.4. The lowest BCUT2D eigenvalue weighted by Gasteiger charge is -2.13. The van der Waals surface area contributed by atoms with Gasteiger partial charge in [-0.25, -0.2) is 9.97 Å². The van der Waals surface area contributed by atoms with E-state index in [2.05, 4.69) is 5.32 Å². The van der Waals surface area contributed by atoms with Crippen LogP contribution < -0.4 is 19.5 Å². The average molecular weight is 482 g/mol. The summed E-state index contributed by atoms with van der Waals surface area (Å²) < 4.78 is 30.4. The van der Waals surface area contributed by atoms with Crippen LogP contribution in [0.1, 0.15) is 24.2 Å². The van der Waals surface area contributed by atoms with Crippen LogP contribution in [0.25, 0.3) is 16.6 Å². The second-order valence-electron chi connectivity index (χ2n) is 8.12. The third kappa shape index (κ3) is 4.43. The first-order valence-electron chi connectivity index (χ1n) is 11.2. The van der Waals surface area contributed by atoms with Gasteiger partial charge in [0.25, 0.3) is 0 Å². The van der Waals surface area contributed by atoms with Gasteiger partial charge in [0.2, 0.25) is 5.95 Å². The van der Waals surface area contributed by atoms with Gasteiger partial charge in [0, 0.05) is 23.6 Å². The van der Waals surface area contributed by atoms with E-state index in [1.165, 1.54) is 0 Å². The molecular formula is C24H27N5O4S. The minimum Gasteiger partial charge on any atom is -0.616 e. The summed E-state index contributed by atoms with van der Waals surface area (Å²) in [6.45, 7) is 0.455. The van der Waals surface area contributed by atoms with Gasteiger partial charge in [-0.2, -0.15) is 4.52 Å². The molecule has 2 heterocycles. The fraction of sp³-hybridized carbons (Fsp3) is 0.375. The lowest BCUT2D eigenvalue weighted by Crippen LogP contribution is -2.14. The zero-order valence-corrected chi connectivity index (χ0v) is 20.2. The van der Waals surface area contributed by atoms with Crippen molar-refractivity contribution < 1.29 is 18.8 Å². The van der Waals surface area contributed by atoms with Gasteiger partial charge in [-0.15, -0.1) is 5.10 Å². The molecule has 2 aromatic carbocycles. The van der Waals surface area contributed by atoms with Crippen molar-refractivity contribution in [1.82, 2.24) is 19.6 Å². The Morgan fingerprint density at radius 2 is 1.88 bits per heavy atom. The molecule has 2 aromatic heterocycles. The molecule has 0 aliphatic heterocycles. The van der Waals surface area contributed by atoms with Gasteiger partial charge in [-0.05, 0) is 37.1 Å². The fourth-order valence-corrected chi connectivity index (χ4v) is 5.27. The SMILES string of the molecule is COc1ccc(CNc2nc3c(OC)cccc3c3nc(CC[S+]([O-])C4CC4)nn23)c(OC)c1. The first-order valence-corrected chi connectivity index (χ1v) is 12.5. The quantitative estimate of drug-likeness (QED) is 0.344. The zero-order valence-electron chi connectivity index (χ0n) is 19.4. The molecule has 1 unspecified atom stereocenters. The Morgan fingerprint density at radius 1 is 1.06 bits per heavy atom. The third-order valence-electron chi connectivity index (χ3n) is 5.88. The molecule has 0 spiro atoms. The van der Waals surface area contributed by atoms with E-state index in [0.717, 1.165) is 29.5 Å². The second-order valence-corrected chi connectivity index (χ2v) is 9.96. The number of hydrogen-bond acceptors (Lipinski definition) is 8. The summed E-state index contributed by atoms with van der Waals surface area (Å²) in [5.41, 5.74) is 2.32. The predicted octanol–water partition coefficient (Wildman–Crippen LogP) is 3.37.